The average molecular weight is 261 g/mol. The summed E-state index contributed by atoms with van der Waals surface area (Å²) in [5.74, 6) is 0. The zero-order valence-corrected chi connectivity index (χ0v) is 11.8. The third kappa shape index (κ3) is 4.16. The van der Waals surface area contributed by atoms with Crippen LogP contribution in [0.3, 0.4) is 0 Å². The second-order valence-electron chi connectivity index (χ2n) is 5.37. The number of nitrogens with one attached hydrogen (secondary N) is 2. The van der Waals surface area contributed by atoms with Crippen molar-refractivity contribution in [1.29, 1.82) is 0 Å². The van der Waals surface area contributed by atoms with E-state index >= 15 is 0 Å². The first kappa shape index (κ1) is 13.7. The minimum Gasteiger partial charge on any atom is -0.378 e. The Labute approximate surface area is 115 Å². The summed E-state index contributed by atoms with van der Waals surface area (Å²) < 4.78 is 0. The molecule has 0 spiro atoms. The molecule has 0 aromatic heterocycles. The molecule has 0 radical (unpaired) electrons. The number of hydrogen-bond donors (Lipinski definition) is 2. The van der Waals surface area contributed by atoms with E-state index in [9.17, 15) is 4.79 Å². The molecule has 1 aliphatic carbocycles. The van der Waals surface area contributed by atoms with Crippen molar-refractivity contribution in [1.82, 2.24) is 10.6 Å². The highest BCUT2D eigenvalue weighted by Crippen LogP contribution is 2.17. The molecule has 4 nitrogen and oxygen atoms in total. The number of rotatable bonds is 4. The van der Waals surface area contributed by atoms with Gasteiger partial charge in [0.15, 0.2) is 0 Å². The molecule has 2 rings (SSSR count). The van der Waals surface area contributed by atoms with Crippen LogP contribution >= 0.6 is 0 Å². The Hall–Kier alpha value is -1.71. The predicted octanol–water partition coefficient (Wildman–Crippen LogP) is 2.49. The second-order valence-corrected chi connectivity index (χ2v) is 5.37. The Balaban J connectivity index is 1.76. The van der Waals surface area contributed by atoms with Crippen molar-refractivity contribution >= 4 is 11.7 Å². The molecule has 2 N–H and O–H groups in total. The van der Waals surface area contributed by atoms with Gasteiger partial charge in [0.05, 0.1) is 0 Å². The minimum absolute atomic E-state index is 0.0522. The molecule has 1 fully saturated rings. The first-order valence-electron chi connectivity index (χ1n) is 6.96. The number of carbonyl (C=O) groups is 1. The Morgan fingerprint density at radius 2 is 1.84 bits per heavy atom. The first-order chi connectivity index (χ1) is 9.15. The van der Waals surface area contributed by atoms with Crippen LogP contribution in [0.5, 0.6) is 0 Å². The van der Waals surface area contributed by atoms with E-state index in [0.717, 1.165) is 18.4 Å². The lowest BCUT2D eigenvalue weighted by atomic mass is 10.2. The van der Waals surface area contributed by atoms with Gasteiger partial charge in [-0.05, 0) is 30.5 Å². The summed E-state index contributed by atoms with van der Waals surface area (Å²) >= 11 is 0. The van der Waals surface area contributed by atoms with E-state index in [4.69, 9.17) is 0 Å². The summed E-state index contributed by atoms with van der Waals surface area (Å²) in [4.78, 5) is 13.8. The van der Waals surface area contributed by atoms with Gasteiger partial charge in [0, 0.05) is 32.4 Å². The van der Waals surface area contributed by atoms with Crippen LogP contribution < -0.4 is 15.5 Å². The summed E-state index contributed by atoms with van der Waals surface area (Å²) in [6.45, 7) is 0.576. The molecule has 1 aromatic carbocycles. The molecule has 0 saturated heterocycles. The van der Waals surface area contributed by atoms with Gasteiger partial charge in [0.1, 0.15) is 0 Å². The zero-order chi connectivity index (χ0) is 13.7. The van der Waals surface area contributed by atoms with Crippen molar-refractivity contribution in [2.75, 3.05) is 19.0 Å². The Morgan fingerprint density at radius 1 is 1.21 bits per heavy atom. The van der Waals surface area contributed by atoms with Crippen molar-refractivity contribution in [2.45, 2.75) is 38.3 Å². The lowest BCUT2D eigenvalue weighted by Crippen LogP contribution is -2.40. The molecule has 1 saturated carbocycles. The van der Waals surface area contributed by atoms with Crippen LogP contribution in [-0.2, 0) is 6.54 Å². The van der Waals surface area contributed by atoms with Gasteiger partial charge in [0.2, 0.25) is 0 Å². The second kappa shape index (κ2) is 6.45. The number of hydrogen-bond acceptors (Lipinski definition) is 2. The van der Waals surface area contributed by atoms with Gasteiger partial charge in [-0.2, -0.15) is 0 Å². The molecule has 0 heterocycles. The van der Waals surface area contributed by atoms with Gasteiger partial charge in [-0.1, -0.05) is 25.0 Å². The molecule has 4 heteroatoms. The predicted molar refractivity (Wildman–Crippen MR) is 78.4 cm³/mol. The molecule has 2 amide bonds. The Kier molecular flexibility index (Phi) is 4.66. The van der Waals surface area contributed by atoms with Gasteiger partial charge in [-0.25, -0.2) is 4.79 Å². The lowest BCUT2D eigenvalue weighted by Gasteiger charge is -2.14. The van der Waals surface area contributed by atoms with Crippen molar-refractivity contribution < 1.29 is 4.79 Å². The highest BCUT2D eigenvalue weighted by molar-refractivity contribution is 5.74. The smallest absolute Gasteiger partial charge is 0.315 e. The highest BCUT2D eigenvalue weighted by atomic mass is 16.2. The highest BCUT2D eigenvalue weighted by Gasteiger charge is 2.16. The Morgan fingerprint density at radius 3 is 2.42 bits per heavy atom. The molecule has 104 valence electrons. The van der Waals surface area contributed by atoms with E-state index in [1.54, 1.807) is 0 Å². The van der Waals surface area contributed by atoms with Crippen LogP contribution in [0.4, 0.5) is 10.5 Å². The quantitative estimate of drug-likeness (QED) is 0.874. The van der Waals surface area contributed by atoms with E-state index in [0.29, 0.717) is 12.6 Å². The fourth-order valence-corrected chi connectivity index (χ4v) is 2.40. The van der Waals surface area contributed by atoms with Crippen LogP contribution in [0.1, 0.15) is 31.2 Å². The monoisotopic (exact) mass is 261 g/mol. The van der Waals surface area contributed by atoms with Crippen LogP contribution in [0.2, 0.25) is 0 Å². The topological polar surface area (TPSA) is 44.4 Å². The molecule has 19 heavy (non-hydrogen) atoms. The van der Waals surface area contributed by atoms with Crippen molar-refractivity contribution in [2.24, 2.45) is 0 Å². The molecular formula is C15H23N3O. The van der Waals surface area contributed by atoms with Crippen molar-refractivity contribution in [3.8, 4) is 0 Å². The van der Waals surface area contributed by atoms with Gasteiger partial charge < -0.3 is 15.5 Å². The van der Waals surface area contributed by atoms with Crippen LogP contribution in [0, 0.1) is 0 Å². The number of carbonyl (C=O) groups excluding carboxylic acids is 1. The molecule has 0 bridgehead atoms. The van der Waals surface area contributed by atoms with Crippen LogP contribution in [-0.4, -0.2) is 26.2 Å². The summed E-state index contributed by atoms with van der Waals surface area (Å²) in [5, 5.41) is 5.93. The maximum Gasteiger partial charge on any atom is 0.315 e. The largest absolute Gasteiger partial charge is 0.378 e. The maximum atomic E-state index is 11.7. The van der Waals surface area contributed by atoms with E-state index in [-0.39, 0.29) is 6.03 Å². The summed E-state index contributed by atoms with van der Waals surface area (Å²) in [7, 11) is 4.03. The van der Waals surface area contributed by atoms with E-state index < -0.39 is 0 Å². The van der Waals surface area contributed by atoms with E-state index in [1.165, 1.54) is 18.5 Å². The van der Waals surface area contributed by atoms with Gasteiger partial charge in [-0.3, -0.25) is 0 Å². The normalized spacial score (nSPS) is 15.3. The molecule has 1 aliphatic rings. The third-order valence-electron chi connectivity index (χ3n) is 3.60. The maximum absolute atomic E-state index is 11.7. The fraction of sp³-hybridized carbons (Fsp3) is 0.533. The lowest BCUT2D eigenvalue weighted by molar-refractivity contribution is 0.236. The molecule has 1 aromatic rings. The van der Waals surface area contributed by atoms with Crippen molar-refractivity contribution in [3.05, 3.63) is 29.8 Å². The summed E-state index contributed by atoms with van der Waals surface area (Å²) in [6.07, 6.45) is 4.70. The number of nitrogens with zero attached hydrogens (tertiary/aromatic N) is 1. The molecule has 0 unspecified atom stereocenters. The van der Waals surface area contributed by atoms with E-state index in [1.807, 2.05) is 26.2 Å². The van der Waals surface area contributed by atoms with E-state index in [2.05, 4.69) is 27.7 Å². The fourth-order valence-electron chi connectivity index (χ4n) is 2.40. The first-order valence-corrected chi connectivity index (χ1v) is 6.96. The average Bonchev–Trinajstić information content (AvgIpc) is 2.89. The number of amides is 2. The van der Waals surface area contributed by atoms with Crippen LogP contribution in [0.15, 0.2) is 24.3 Å². The zero-order valence-electron chi connectivity index (χ0n) is 11.8. The van der Waals surface area contributed by atoms with Crippen LogP contribution in [0.25, 0.3) is 0 Å². The Bertz CT molecular complexity index is 408. The van der Waals surface area contributed by atoms with Gasteiger partial charge in [0.25, 0.3) is 0 Å². The minimum atomic E-state index is -0.0522. The third-order valence-corrected chi connectivity index (χ3v) is 3.60. The number of anilines is 1. The summed E-state index contributed by atoms with van der Waals surface area (Å²) in [5.41, 5.74) is 2.28. The van der Waals surface area contributed by atoms with Crippen molar-refractivity contribution in [3.63, 3.8) is 0 Å². The SMILES string of the molecule is CN(C)c1ccc(CNC(=O)NC2CCCC2)cc1. The van der Waals surface area contributed by atoms with Gasteiger partial charge in [-0.15, -0.1) is 0 Å². The molecule has 0 aliphatic heterocycles. The molecular weight excluding hydrogens is 238 g/mol. The molecule has 0 atom stereocenters. The summed E-state index contributed by atoms with van der Waals surface area (Å²) in [6, 6.07) is 8.54. The number of urea groups is 1. The van der Waals surface area contributed by atoms with Gasteiger partial charge >= 0.3 is 6.03 Å². The number of benzene rings is 1. The standard InChI is InChI=1S/C15H23N3O/c1-18(2)14-9-7-12(8-10-14)11-16-15(19)17-13-5-3-4-6-13/h7-10,13H,3-6,11H2,1-2H3,(H2,16,17,19).